The second-order valence-corrected chi connectivity index (χ2v) is 4.28. The van der Waals surface area contributed by atoms with Crippen LogP contribution in [0.3, 0.4) is 0 Å². The van der Waals surface area contributed by atoms with Crippen molar-refractivity contribution in [1.82, 2.24) is 0 Å². The molecule has 1 unspecified atom stereocenters. The van der Waals surface area contributed by atoms with Crippen LogP contribution in [0.25, 0.3) is 0 Å². The van der Waals surface area contributed by atoms with E-state index in [1.54, 1.807) is 0 Å². The lowest BCUT2D eigenvalue weighted by Crippen LogP contribution is -2.13. The quantitative estimate of drug-likeness (QED) is 0.797. The van der Waals surface area contributed by atoms with E-state index in [-0.39, 0.29) is 6.61 Å². The topological polar surface area (TPSA) is 49.7 Å². The number of aliphatic hydroxyl groups is 2. The maximum atomic E-state index is 9.34. The van der Waals surface area contributed by atoms with Crippen molar-refractivity contribution in [2.24, 2.45) is 0 Å². The minimum absolute atomic E-state index is 0.172. The minimum Gasteiger partial charge on any atom is -0.494 e. The van der Waals surface area contributed by atoms with E-state index in [0.717, 1.165) is 17.7 Å². The van der Waals surface area contributed by atoms with Crippen LogP contribution in [0, 0.1) is 13.8 Å². The third-order valence-corrected chi connectivity index (χ3v) is 3.11. The molecule has 0 spiro atoms. The van der Waals surface area contributed by atoms with Gasteiger partial charge in [-0.25, -0.2) is 0 Å². The van der Waals surface area contributed by atoms with Crippen molar-refractivity contribution in [1.29, 1.82) is 0 Å². The van der Waals surface area contributed by atoms with Crippen LogP contribution in [0.15, 0.2) is 12.1 Å². The zero-order valence-electron chi connectivity index (χ0n) is 10.9. The third kappa shape index (κ3) is 3.72. The first-order valence-corrected chi connectivity index (χ1v) is 6.11. The van der Waals surface area contributed by atoms with Gasteiger partial charge in [0.15, 0.2) is 0 Å². The van der Waals surface area contributed by atoms with Crippen LogP contribution in [-0.2, 0) is 6.42 Å². The molecule has 2 N–H and O–H groups in total. The smallest absolute Gasteiger partial charge is 0.122 e. The van der Waals surface area contributed by atoms with Gasteiger partial charge < -0.3 is 14.9 Å². The van der Waals surface area contributed by atoms with Gasteiger partial charge in [0.2, 0.25) is 0 Å². The second-order valence-electron chi connectivity index (χ2n) is 4.28. The van der Waals surface area contributed by atoms with Crippen LogP contribution in [0.4, 0.5) is 0 Å². The molecule has 0 heterocycles. The summed E-state index contributed by atoms with van der Waals surface area (Å²) in [5.41, 5.74) is 3.57. The number of ether oxygens (including phenoxy) is 1. The number of aliphatic hydroxyl groups excluding tert-OH is 2. The fraction of sp³-hybridized carbons (Fsp3) is 0.571. The molecule has 0 amide bonds. The Kier molecular flexibility index (Phi) is 5.45. The number of benzene rings is 1. The molecule has 0 saturated heterocycles. The normalized spacial score (nSPS) is 12.5. The molecule has 17 heavy (non-hydrogen) atoms. The molecular formula is C14H22O3. The van der Waals surface area contributed by atoms with E-state index in [1.807, 2.05) is 26.0 Å². The molecule has 1 atom stereocenters. The molecule has 1 aromatic carbocycles. The Morgan fingerprint density at radius 3 is 2.53 bits per heavy atom. The first kappa shape index (κ1) is 14.0. The summed E-state index contributed by atoms with van der Waals surface area (Å²) in [5.74, 6) is 0.927. The summed E-state index contributed by atoms with van der Waals surface area (Å²) in [6.45, 7) is 6.59. The number of rotatable bonds is 6. The van der Waals surface area contributed by atoms with Crippen molar-refractivity contribution in [2.45, 2.75) is 39.7 Å². The highest BCUT2D eigenvalue weighted by Crippen LogP contribution is 2.25. The van der Waals surface area contributed by atoms with Gasteiger partial charge in [-0.15, -0.1) is 0 Å². The van der Waals surface area contributed by atoms with Crippen molar-refractivity contribution < 1.29 is 14.9 Å². The Morgan fingerprint density at radius 1 is 1.24 bits per heavy atom. The molecule has 96 valence electrons. The Morgan fingerprint density at radius 2 is 1.94 bits per heavy atom. The fourth-order valence-electron chi connectivity index (χ4n) is 1.85. The average Bonchev–Trinajstić information content (AvgIpc) is 2.34. The van der Waals surface area contributed by atoms with Crippen molar-refractivity contribution in [3.63, 3.8) is 0 Å². The van der Waals surface area contributed by atoms with Gasteiger partial charge in [0.05, 0.1) is 19.3 Å². The summed E-state index contributed by atoms with van der Waals surface area (Å²) in [5, 5.41) is 18.1. The lowest BCUT2D eigenvalue weighted by atomic mass is 9.97. The standard InChI is InChI=1S/C14H22O3/c1-4-17-14-8-6-12(10(2)11(14)3)5-7-13(16)9-15/h6,8,13,15-16H,4-5,7,9H2,1-3H3. The molecule has 0 aliphatic rings. The molecule has 3 heteroatoms. The average molecular weight is 238 g/mol. The van der Waals surface area contributed by atoms with Gasteiger partial charge in [-0.2, -0.15) is 0 Å². The van der Waals surface area contributed by atoms with Gasteiger partial charge in [-0.3, -0.25) is 0 Å². The maximum Gasteiger partial charge on any atom is 0.122 e. The molecule has 3 nitrogen and oxygen atoms in total. The highest BCUT2D eigenvalue weighted by molar-refractivity contribution is 5.43. The predicted octanol–water partition coefficient (Wildman–Crippen LogP) is 1.99. The van der Waals surface area contributed by atoms with Crippen LogP contribution in [-0.4, -0.2) is 29.5 Å². The molecule has 0 aliphatic heterocycles. The summed E-state index contributed by atoms with van der Waals surface area (Å²) in [6, 6.07) is 4.02. The molecule has 0 aliphatic carbocycles. The SMILES string of the molecule is CCOc1ccc(CCC(O)CO)c(C)c1C. The molecular weight excluding hydrogens is 216 g/mol. The van der Waals surface area contributed by atoms with Crippen LogP contribution in [0.1, 0.15) is 30.0 Å². The fourth-order valence-corrected chi connectivity index (χ4v) is 1.85. The van der Waals surface area contributed by atoms with Gasteiger partial charge in [-0.1, -0.05) is 6.07 Å². The van der Waals surface area contributed by atoms with Crippen molar-refractivity contribution in [2.75, 3.05) is 13.2 Å². The van der Waals surface area contributed by atoms with Gasteiger partial charge in [0.25, 0.3) is 0 Å². The minimum atomic E-state index is -0.624. The van der Waals surface area contributed by atoms with E-state index in [1.165, 1.54) is 11.1 Å². The lowest BCUT2D eigenvalue weighted by molar-refractivity contribution is 0.0885. The maximum absolute atomic E-state index is 9.34. The zero-order valence-corrected chi connectivity index (χ0v) is 10.9. The molecule has 0 aromatic heterocycles. The van der Waals surface area contributed by atoms with Crippen LogP contribution >= 0.6 is 0 Å². The molecule has 0 bridgehead atoms. The summed E-state index contributed by atoms with van der Waals surface area (Å²) >= 11 is 0. The van der Waals surface area contributed by atoms with Gasteiger partial charge in [0.1, 0.15) is 5.75 Å². The van der Waals surface area contributed by atoms with E-state index < -0.39 is 6.10 Å². The number of hydrogen-bond acceptors (Lipinski definition) is 3. The summed E-state index contributed by atoms with van der Waals surface area (Å²) in [4.78, 5) is 0. The summed E-state index contributed by atoms with van der Waals surface area (Å²) in [6.07, 6.45) is 0.743. The van der Waals surface area contributed by atoms with Gasteiger partial charge >= 0.3 is 0 Å². The number of hydrogen-bond donors (Lipinski definition) is 2. The summed E-state index contributed by atoms with van der Waals surface area (Å²) < 4.78 is 5.53. The van der Waals surface area contributed by atoms with E-state index in [4.69, 9.17) is 9.84 Å². The molecule has 0 saturated carbocycles. The van der Waals surface area contributed by atoms with E-state index in [9.17, 15) is 5.11 Å². The number of aryl methyl sites for hydroxylation is 1. The predicted molar refractivity (Wildman–Crippen MR) is 68.5 cm³/mol. The first-order chi connectivity index (χ1) is 8.10. The van der Waals surface area contributed by atoms with Gasteiger partial charge in [0, 0.05) is 0 Å². The van der Waals surface area contributed by atoms with E-state index in [0.29, 0.717) is 13.0 Å². The van der Waals surface area contributed by atoms with Gasteiger partial charge in [-0.05, 0) is 56.4 Å². The monoisotopic (exact) mass is 238 g/mol. The zero-order chi connectivity index (χ0) is 12.8. The highest BCUT2D eigenvalue weighted by atomic mass is 16.5. The van der Waals surface area contributed by atoms with Crippen LogP contribution in [0.2, 0.25) is 0 Å². The summed E-state index contributed by atoms with van der Waals surface area (Å²) in [7, 11) is 0. The van der Waals surface area contributed by atoms with E-state index in [2.05, 4.69) is 6.92 Å². The molecule has 1 aromatic rings. The lowest BCUT2D eigenvalue weighted by Gasteiger charge is -2.14. The Balaban J connectivity index is 2.78. The van der Waals surface area contributed by atoms with Crippen LogP contribution < -0.4 is 4.74 Å². The Labute approximate surface area is 103 Å². The molecule has 1 rings (SSSR count). The van der Waals surface area contributed by atoms with E-state index >= 15 is 0 Å². The van der Waals surface area contributed by atoms with Crippen molar-refractivity contribution in [3.05, 3.63) is 28.8 Å². The Bertz CT molecular complexity index is 361. The third-order valence-electron chi connectivity index (χ3n) is 3.11. The molecule has 0 radical (unpaired) electrons. The largest absolute Gasteiger partial charge is 0.494 e. The first-order valence-electron chi connectivity index (χ1n) is 6.11. The van der Waals surface area contributed by atoms with Crippen molar-refractivity contribution >= 4 is 0 Å². The highest BCUT2D eigenvalue weighted by Gasteiger charge is 2.09. The van der Waals surface area contributed by atoms with Crippen molar-refractivity contribution in [3.8, 4) is 5.75 Å². The molecule has 0 fully saturated rings. The second kappa shape index (κ2) is 6.62. The van der Waals surface area contributed by atoms with Crippen LogP contribution in [0.5, 0.6) is 5.75 Å². The Hall–Kier alpha value is -1.06.